The van der Waals surface area contributed by atoms with Gasteiger partial charge in [-0.1, -0.05) is 23.8 Å². The number of pyridine rings is 1. The first-order chi connectivity index (χ1) is 4.20. The average molecular weight is 164 g/mol. The Morgan fingerprint density at radius 1 is 1.67 bits per heavy atom. The van der Waals surface area contributed by atoms with Crippen LogP contribution in [0.3, 0.4) is 0 Å². The number of aromatic nitrogens is 1. The number of hydrogen-bond donors (Lipinski definition) is 1. The maximum Gasteiger partial charge on any atom is 0.157 e. The topological polar surface area (TPSA) is 15.8 Å². The van der Waals surface area contributed by atoms with Gasteiger partial charge in [-0.25, -0.2) is 4.39 Å². The van der Waals surface area contributed by atoms with Crippen molar-refractivity contribution in [2.45, 2.75) is 0 Å². The number of halogens is 2. The van der Waals surface area contributed by atoms with E-state index in [0.29, 0.717) is 5.15 Å². The Morgan fingerprint density at radius 3 is 2.78 bits per heavy atom. The molecule has 0 aliphatic carbocycles. The third kappa shape index (κ3) is 1.50. The Labute approximate surface area is 61.5 Å². The van der Waals surface area contributed by atoms with Crippen molar-refractivity contribution in [1.29, 1.82) is 0 Å². The van der Waals surface area contributed by atoms with Gasteiger partial charge in [0.05, 0.1) is 4.51 Å². The maximum absolute atomic E-state index is 12.3. The van der Waals surface area contributed by atoms with Crippen LogP contribution in [0.4, 0.5) is 4.39 Å². The molecule has 1 rings (SSSR count). The molecule has 1 heterocycles. The highest BCUT2D eigenvalue weighted by atomic mass is 35.5. The van der Waals surface area contributed by atoms with E-state index in [1.54, 1.807) is 0 Å². The highest BCUT2D eigenvalue weighted by Gasteiger charge is 1.91. The largest absolute Gasteiger partial charge is 0.350 e. The fraction of sp³-hybridized carbons (Fsp3) is 0. The van der Waals surface area contributed by atoms with Crippen molar-refractivity contribution in [3.05, 3.63) is 27.7 Å². The fourth-order valence-corrected chi connectivity index (χ4v) is 0.834. The fourth-order valence-electron chi connectivity index (χ4n) is 0.429. The lowest BCUT2D eigenvalue weighted by Crippen LogP contribution is -1.78. The number of aromatic amines is 1. The van der Waals surface area contributed by atoms with E-state index in [1.165, 1.54) is 6.07 Å². The summed E-state index contributed by atoms with van der Waals surface area (Å²) in [5.74, 6) is -0.450. The van der Waals surface area contributed by atoms with Crippen molar-refractivity contribution in [2.24, 2.45) is 0 Å². The van der Waals surface area contributed by atoms with Gasteiger partial charge in [0.2, 0.25) is 0 Å². The van der Waals surface area contributed by atoms with Crippen LogP contribution in [0.5, 0.6) is 0 Å². The SMILES string of the molecule is Fc1c[nH]c(Cl)cc1=S. The number of rotatable bonds is 0. The second-order valence-electron chi connectivity index (χ2n) is 1.49. The Kier molecular flexibility index (Phi) is 1.83. The molecule has 0 amide bonds. The first-order valence-electron chi connectivity index (χ1n) is 2.24. The van der Waals surface area contributed by atoms with Crippen LogP contribution in [0.1, 0.15) is 0 Å². The van der Waals surface area contributed by atoms with E-state index in [1.807, 2.05) is 0 Å². The van der Waals surface area contributed by atoms with Crippen LogP contribution in [-0.4, -0.2) is 4.98 Å². The third-order valence-corrected chi connectivity index (χ3v) is 1.36. The van der Waals surface area contributed by atoms with Crippen molar-refractivity contribution < 1.29 is 4.39 Å². The summed E-state index contributed by atoms with van der Waals surface area (Å²) in [6.45, 7) is 0. The maximum atomic E-state index is 12.3. The molecule has 1 nitrogen and oxygen atoms in total. The predicted molar refractivity (Wildman–Crippen MR) is 36.6 cm³/mol. The zero-order chi connectivity index (χ0) is 6.85. The van der Waals surface area contributed by atoms with Gasteiger partial charge in [0, 0.05) is 6.20 Å². The molecule has 48 valence electrons. The molecule has 0 unspecified atom stereocenters. The molecule has 0 bridgehead atoms. The molecule has 1 N–H and O–H groups in total. The van der Waals surface area contributed by atoms with Gasteiger partial charge in [0.1, 0.15) is 5.15 Å². The lowest BCUT2D eigenvalue weighted by molar-refractivity contribution is 0.617. The second-order valence-corrected chi connectivity index (χ2v) is 2.34. The summed E-state index contributed by atoms with van der Waals surface area (Å²) < 4.78 is 12.4. The van der Waals surface area contributed by atoms with E-state index in [0.717, 1.165) is 6.20 Å². The van der Waals surface area contributed by atoms with Crippen molar-refractivity contribution in [3.63, 3.8) is 0 Å². The second kappa shape index (κ2) is 2.45. The molecule has 0 atom stereocenters. The number of nitrogens with one attached hydrogen (secondary N) is 1. The normalized spacial score (nSPS) is 9.56. The first kappa shape index (κ1) is 6.71. The Hall–Kier alpha value is -0.410. The minimum absolute atomic E-state index is 0.138. The van der Waals surface area contributed by atoms with Crippen molar-refractivity contribution in [1.82, 2.24) is 4.98 Å². The lowest BCUT2D eigenvalue weighted by Gasteiger charge is -1.88. The zero-order valence-electron chi connectivity index (χ0n) is 4.32. The molecule has 0 saturated carbocycles. The smallest absolute Gasteiger partial charge is 0.157 e. The van der Waals surface area contributed by atoms with Gasteiger partial charge >= 0.3 is 0 Å². The van der Waals surface area contributed by atoms with Crippen molar-refractivity contribution in [3.8, 4) is 0 Å². The molecular weight excluding hydrogens is 161 g/mol. The molecule has 4 heteroatoms. The van der Waals surface area contributed by atoms with Gasteiger partial charge in [-0.15, -0.1) is 0 Å². The molecule has 0 aliphatic heterocycles. The monoisotopic (exact) mass is 163 g/mol. The van der Waals surface area contributed by atoms with Crippen LogP contribution >= 0.6 is 23.8 Å². The summed E-state index contributed by atoms with van der Waals surface area (Å²) in [6, 6.07) is 1.35. The average Bonchev–Trinajstić information content (AvgIpc) is 1.80. The summed E-state index contributed by atoms with van der Waals surface area (Å²) in [5, 5.41) is 0.349. The predicted octanol–water partition coefficient (Wildman–Crippen LogP) is 2.54. The summed E-state index contributed by atoms with van der Waals surface area (Å²) in [7, 11) is 0. The van der Waals surface area contributed by atoms with E-state index >= 15 is 0 Å². The van der Waals surface area contributed by atoms with Gasteiger partial charge < -0.3 is 4.98 Å². The van der Waals surface area contributed by atoms with Gasteiger partial charge in [0.15, 0.2) is 5.82 Å². The molecule has 0 aromatic carbocycles. The van der Waals surface area contributed by atoms with Crippen LogP contribution in [0.15, 0.2) is 12.3 Å². The van der Waals surface area contributed by atoms with Gasteiger partial charge in [-0.2, -0.15) is 0 Å². The van der Waals surface area contributed by atoms with Crippen LogP contribution in [-0.2, 0) is 0 Å². The third-order valence-electron chi connectivity index (χ3n) is 0.830. The number of H-pyrrole nitrogens is 1. The van der Waals surface area contributed by atoms with Crippen LogP contribution in [0, 0.1) is 10.3 Å². The summed E-state index contributed by atoms with van der Waals surface area (Å²) in [6.07, 6.45) is 1.13. The quantitative estimate of drug-likeness (QED) is 0.459. The van der Waals surface area contributed by atoms with Crippen molar-refractivity contribution in [2.75, 3.05) is 0 Å². The van der Waals surface area contributed by atoms with E-state index in [9.17, 15) is 4.39 Å². The first-order valence-corrected chi connectivity index (χ1v) is 3.02. The van der Waals surface area contributed by atoms with Gasteiger partial charge in [-0.3, -0.25) is 0 Å². The Bertz CT molecular complexity index is 270. The molecule has 0 aliphatic rings. The molecule has 0 saturated heterocycles. The van der Waals surface area contributed by atoms with Crippen LogP contribution in [0.25, 0.3) is 0 Å². The standard InChI is InChI=1S/C5H3ClFNS/c6-5-1-4(9)3(7)2-8-5/h1-2H,(H,8,9). The highest BCUT2D eigenvalue weighted by molar-refractivity contribution is 7.71. The van der Waals surface area contributed by atoms with Crippen LogP contribution in [0.2, 0.25) is 5.15 Å². The molecule has 0 spiro atoms. The molecule has 1 aromatic rings. The highest BCUT2D eigenvalue weighted by Crippen LogP contribution is 2.05. The van der Waals surface area contributed by atoms with Gasteiger partial charge in [-0.05, 0) is 6.07 Å². The molecule has 0 radical (unpaired) electrons. The Morgan fingerprint density at radius 2 is 2.33 bits per heavy atom. The summed E-state index contributed by atoms with van der Waals surface area (Å²) in [4.78, 5) is 2.46. The molecule has 0 fully saturated rings. The van der Waals surface area contributed by atoms with E-state index < -0.39 is 5.82 Å². The zero-order valence-corrected chi connectivity index (χ0v) is 5.89. The molecule has 1 aromatic heterocycles. The minimum Gasteiger partial charge on any atom is -0.350 e. The summed E-state index contributed by atoms with van der Waals surface area (Å²) >= 11 is 9.99. The van der Waals surface area contributed by atoms with E-state index in [-0.39, 0.29) is 4.51 Å². The van der Waals surface area contributed by atoms with Crippen LogP contribution < -0.4 is 0 Å². The van der Waals surface area contributed by atoms with E-state index in [4.69, 9.17) is 11.6 Å². The molecular formula is C5H3ClFNS. The minimum atomic E-state index is -0.450. The number of hydrogen-bond acceptors (Lipinski definition) is 1. The van der Waals surface area contributed by atoms with E-state index in [2.05, 4.69) is 17.2 Å². The lowest BCUT2D eigenvalue weighted by atomic mass is 10.5. The van der Waals surface area contributed by atoms with Gasteiger partial charge in [0.25, 0.3) is 0 Å². The Balaban J connectivity index is 3.34. The summed E-state index contributed by atoms with van der Waals surface area (Å²) in [5.41, 5.74) is 0. The molecule has 9 heavy (non-hydrogen) atoms. The van der Waals surface area contributed by atoms with Crippen molar-refractivity contribution >= 4 is 23.8 Å².